The number of anilines is 1. The van der Waals surface area contributed by atoms with Crippen LogP contribution in [-0.2, 0) is 7.05 Å². The van der Waals surface area contributed by atoms with Crippen LogP contribution in [0, 0.1) is 0 Å². The lowest BCUT2D eigenvalue weighted by molar-refractivity contribution is 0.0942. The predicted octanol–water partition coefficient (Wildman–Crippen LogP) is -0.335. The summed E-state index contributed by atoms with van der Waals surface area (Å²) in [6, 6.07) is 1.83. The lowest BCUT2D eigenvalue weighted by atomic mass is 10.2. The fourth-order valence-corrected chi connectivity index (χ4v) is 2.11. The maximum atomic E-state index is 12.1. The van der Waals surface area contributed by atoms with Crippen molar-refractivity contribution in [1.29, 1.82) is 0 Å². The summed E-state index contributed by atoms with van der Waals surface area (Å²) in [7, 11) is 1.80. The summed E-state index contributed by atoms with van der Waals surface area (Å²) in [5.74, 6) is 0.694. The van der Waals surface area contributed by atoms with Crippen LogP contribution in [0.4, 0.5) is 5.69 Å². The molecule has 2 rings (SSSR count). The van der Waals surface area contributed by atoms with Gasteiger partial charge in [0.2, 0.25) is 0 Å². The highest BCUT2D eigenvalue weighted by molar-refractivity contribution is 5.93. The van der Waals surface area contributed by atoms with E-state index in [4.69, 9.17) is 5.73 Å². The number of aryl methyl sites for hydroxylation is 1. The standard InChI is InChI=1S/C13H22N6O/c1-3-10(18-13-15-4-5-16-13)7-17-12(20)11-6-9(14)8-19(11)2/h6,8,10H,3-5,7,14H2,1-2H3,(H,17,20)(H2,15,16,18). The number of nitrogens with zero attached hydrogens (tertiary/aromatic N) is 2. The molecule has 0 saturated carbocycles. The first-order valence-corrected chi connectivity index (χ1v) is 6.85. The van der Waals surface area contributed by atoms with Crippen LogP contribution in [-0.4, -0.2) is 42.1 Å². The Kier molecular flexibility index (Phi) is 4.49. The zero-order chi connectivity index (χ0) is 14.5. The minimum atomic E-state index is -0.120. The fourth-order valence-electron chi connectivity index (χ4n) is 2.11. The summed E-state index contributed by atoms with van der Waals surface area (Å²) < 4.78 is 1.72. The number of carbonyl (C=O) groups is 1. The van der Waals surface area contributed by atoms with Gasteiger partial charge in [-0.2, -0.15) is 0 Å². The van der Waals surface area contributed by atoms with Crippen LogP contribution in [0.25, 0.3) is 0 Å². The number of nitrogens with two attached hydrogens (primary N) is 1. The number of guanidine groups is 1. The van der Waals surface area contributed by atoms with Crippen molar-refractivity contribution >= 4 is 17.6 Å². The average Bonchev–Trinajstić information content (AvgIpc) is 3.03. The van der Waals surface area contributed by atoms with Crippen molar-refractivity contribution in [2.24, 2.45) is 12.0 Å². The summed E-state index contributed by atoms with van der Waals surface area (Å²) in [4.78, 5) is 16.4. The molecule has 7 nitrogen and oxygen atoms in total. The minimum Gasteiger partial charge on any atom is -0.397 e. The molecule has 1 aliphatic rings. The van der Waals surface area contributed by atoms with Crippen LogP contribution < -0.4 is 21.7 Å². The molecule has 2 heterocycles. The molecule has 0 aromatic carbocycles. The predicted molar refractivity (Wildman–Crippen MR) is 79.7 cm³/mol. The topological polar surface area (TPSA) is 96.5 Å². The van der Waals surface area contributed by atoms with Gasteiger partial charge in [0.05, 0.1) is 12.2 Å². The molecule has 20 heavy (non-hydrogen) atoms. The Morgan fingerprint density at radius 2 is 2.45 bits per heavy atom. The van der Waals surface area contributed by atoms with Crippen LogP contribution in [0.2, 0.25) is 0 Å². The lowest BCUT2D eigenvalue weighted by Crippen LogP contribution is -2.46. The highest BCUT2D eigenvalue weighted by atomic mass is 16.1. The van der Waals surface area contributed by atoms with E-state index in [1.54, 1.807) is 23.9 Å². The monoisotopic (exact) mass is 278 g/mol. The van der Waals surface area contributed by atoms with Gasteiger partial charge in [-0.25, -0.2) is 0 Å². The number of nitrogen functional groups attached to an aromatic ring is 1. The van der Waals surface area contributed by atoms with Crippen LogP contribution in [0.3, 0.4) is 0 Å². The quantitative estimate of drug-likeness (QED) is 0.593. The Balaban J connectivity index is 1.86. The molecule has 1 aliphatic heterocycles. The van der Waals surface area contributed by atoms with Gasteiger partial charge in [-0.1, -0.05) is 6.92 Å². The zero-order valence-corrected chi connectivity index (χ0v) is 11.9. The van der Waals surface area contributed by atoms with Crippen LogP contribution in [0.5, 0.6) is 0 Å². The number of aromatic nitrogens is 1. The van der Waals surface area contributed by atoms with Gasteiger partial charge in [0.1, 0.15) is 5.69 Å². The van der Waals surface area contributed by atoms with Crippen molar-refractivity contribution < 1.29 is 4.79 Å². The second-order valence-electron chi connectivity index (χ2n) is 4.89. The molecule has 1 aromatic heterocycles. The molecule has 0 aliphatic carbocycles. The SMILES string of the molecule is CCC(CNC(=O)c1cc(N)cn1C)NC1=NCCN1. The third kappa shape index (κ3) is 3.43. The van der Waals surface area contributed by atoms with E-state index in [9.17, 15) is 4.79 Å². The van der Waals surface area contributed by atoms with Crippen molar-refractivity contribution in [3.63, 3.8) is 0 Å². The van der Waals surface area contributed by atoms with Gasteiger partial charge < -0.3 is 26.3 Å². The third-order valence-electron chi connectivity index (χ3n) is 3.28. The first-order valence-electron chi connectivity index (χ1n) is 6.85. The zero-order valence-electron chi connectivity index (χ0n) is 11.9. The smallest absolute Gasteiger partial charge is 0.268 e. The Morgan fingerprint density at radius 3 is 3.00 bits per heavy atom. The summed E-state index contributed by atoms with van der Waals surface area (Å²) in [5, 5.41) is 9.36. The molecule has 110 valence electrons. The van der Waals surface area contributed by atoms with Gasteiger partial charge in [0.15, 0.2) is 5.96 Å². The van der Waals surface area contributed by atoms with Crippen molar-refractivity contribution in [3.05, 3.63) is 18.0 Å². The summed E-state index contributed by atoms with van der Waals surface area (Å²) in [5.41, 5.74) is 6.82. The first-order chi connectivity index (χ1) is 9.60. The van der Waals surface area contributed by atoms with E-state index < -0.39 is 0 Å². The maximum Gasteiger partial charge on any atom is 0.268 e. The van der Waals surface area contributed by atoms with E-state index in [2.05, 4.69) is 27.9 Å². The van der Waals surface area contributed by atoms with Crippen LogP contribution in [0.15, 0.2) is 17.3 Å². The van der Waals surface area contributed by atoms with Crippen molar-refractivity contribution in [3.8, 4) is 0 Å². The molecule has 0 saturated heterocycles. The summed E-state index contributed by atoms with van der Waals surface area (Å²) in [6.45, 7) is 4.28. The van der Waals surface area contributed by atoms with Crippen molar-refractivity contribution in [1.82, 2.24) is 20.5 Å². The number of amides is 1. The van der Waals surface area contributed by atoms with E-state index in [1.165, 1.54) is 0 Å². The maximum absolute atomic E-state index is 12.1. The summed E-state index contributed by atoms with van der Waals surface area (Å²) in [6.07, 6.45) is 2.62. The Labute approximate surface area is 118 Å². The minimum absolute atomic E-state index is 0.120. The van der Waals surface area contributed by atoms with E-state index in [1.807, 2.05) is 0 Å². The van der Waals surface area contributed by atoms with Gasteiger partial charge in [-0.15, -0.1) is 0 Å². The number of hydrogen-bond acceptors (Lipinski definition) is 5. The number of carbonyl (C=O) groups excluding carboxylic acids is 1. The van der Waals surface area contributed by atoms with E-state index in [-0.39, 0.29) is 11.9 Å². The largest absolute Gasteiger partial charge is 0.397 e. The second kappa shape index (κ2) is 6.31. The van der Waals surface area contributed by atoms with Gasteiger partial charge in [0.25, 0.3) is 5.91 Å². The van der Waals surface area contributed by atoms with Crippen molar-refractivity contribution in [2.75, 3.05) is 25.4 Å². The number of aliphatic imine (C=N–C) groups is 1. The van der Waals surface area contributed by atoms with Crippen LogP contribution >= 0.6 is 0 Å². The first kappa shape index (κ1) is 14.2. The second-order valence-corrected chi connectivity index (χ2v) is 4.89. The molecule has 1 unspecified atom stereocenters. The molecule has 0 bridgehead atoms. The number of rotatable bonds is 5. The average molecular weight is 278 g/mol. The third-order valence-corrected chi connectivity index (χ3v) is 3.28. The number of hydrogen-bond donors (Lipinski definition) is 4. The van der Waals surface area contributed by atoms with Crippen LogP contribution in [0.1, 0.15) is 23.8 Å². The lowest BCUT2D eigenvalue weighted by Gasteiger charge is -2.18. The summed E-state index contributed by atoms with van der Waals surface area (Å²) >= 11 is 0. The molecular formula is C13H22N6O. The van der Waals surface area contributed by atoms with E-state index >= 15 is 0 Å². The highest BCUT2D eigenvalue weighted by Crippen LogP contribution is 2.08. The normalized spacial score (nSPS) is 15.4. The van der Waals surface area contributed by atoms with Gasteiger partial charge >= 0.3 is 0 Å². The van der Waals surface area contributed by atoms with E-state index in [0.717, 1.165) is 25.5 Å². The van der Waals surface area contributed by atoms with Gasteiger partial charge in [-0.05, 0) is 12.5 Å². The molecule has 1 aromatic rings. The molecule has 1 amide bonds. The van der Waals surface area contributed by atoms with Crippen molar-refractivity contribution in [2.45, 2.75) is 19.4 Å². The van der Waals surface area contributed by atoms with Gasteiger partial charge in [0, 0.05) is 32.4 Å². The Hall–Kier alpha value is -2.18. The molecular weight excluding hydrogens is 256 g/mol. The molecule has 1 atom stereocenters. The van der Waals surface area contributed by atoms with Gasteiger partial charge in [-0.3, -0.25) is 9.79 Å². The Bertz CT molecular complexity index is 507. The van der Waals surface area contributed by atoms with E-state index in [0.29, 0.717) is 17.9 Å². The molecule has 0 spiro atoms. The fraction of sp³-hybridized carbons (Fsp3) is 0.538. The molecule has 5 N–H and O–H groups in total. The molecule has 0 radical (unpaired) electrons. The molecule has 7 heteroatoms. The Morgan fingerprint density at radius 1 is 1.65 bits per heavy atom. The number of nitrogens with one attached hydrogen (secondary N) is 3. The highest BCUT2D eigenvalue weighted by Gasteiger charge is 2.15. The molecule has 0 fully saturated rings.